The molecule has 1 rings (SSSR count). The molecule has 1 aromatic rings. The maximum absolute atomic E-state index is 11.9. The third kappa shape index (κ3) is 4.16. The van der Waals surface area contributed by atoms with Crippen molar-refractivity contribution in [3.05, 3.63) is 16.0 Å². The summed E-state index contributed by atoms with van der Waals surface area (Å²) in [6.45, 7) is 5.25. The SMILES string of the molecule is COC(OC)C(C)NC(=O)Nc1sc(C)c(C)c1C(=O)O. The van der Waals surface area contributed by atoms with E-state index in [9.17, 15) is 14.7 Å². The number of rotatable bonds is 6. The molecule has 0 aliphatic rings. The van der Waals surface area contributed by atoms with Gasteiger partial charge in [0.05, 0.1) is 11.6 Å². The Kier molecular flexibility index (Phi) is 6.13. The van der Waals surface area contributed by atoms with Gasteiger partial charge in [0, 0.05) is 19.1 Å². The largest absolute Gasteiger partial charge is 0.478 e. The molecule has 0 aliphatic carbocycles. The van der Waals surface area contributed by atoms with Gasteiger partial charge in [-0.2, -0.15) is 0 Å². The van der Waals surface area contributed by atoms with Crippen molar-refractivity contribution in [3.63, 3.8) is 0 Å². The minimum absolute atomic E-state index is 0.121. The molecule has 0 aromatic carbocycles. The van der Waals surface area contributed by atoms with Gasteiger partial charge in [-0.1, -0.05) is 0 Å². The molecule has 118 valence electrons. The molecule has 1 atom stereocenters. The van der Waals surface area contributed by atoms with Crippen LogP contribution in [-0.2, 0) is 9.47 Å². The number of carbonyl (C=O) groups is 2. The maximum atomic E-state index is 11.9. The van der Waals surface area contributed by atoms with E-state index in [0.717, 1.165) is 4.88 Å². The second-order valence-corrected chi connectivity index (χ2v) is 5.74. The summed E-state index contributed by atoms with van der Waals surface area (Å²) in [5.74, 6) is -1.06. The molecule has 1 unspecified atom stereocenters. The number of carboxylic acids is 1. The van der Waals surface area contributed by atoms with E-state index in [0.29, 0.717) is 10.6 Å². The highest BCUT2D eigenvalue weighted by atomic mass is 32.1. The van der Waals surface area contributed by atoms with Crippen LogP contribution in [0.4, 0.5) is 9.80 Å². The number of amides is 2. The minimum Gasteiger partial charge on any atom is -0.478 e. The van der Waals surface area contributed by atoms with E-state index in [1.165, 1.54) is 25.6 Å². The number of hydrogen-bond acceptors (Lipinski definition) is 5. The normalized spacial score (nSPS) is 12.3. The van der Waals surface area contributed by atoms with Gasteiger partial charge in [-0.25, -0.2) is 9.59 Å². The number of hydrogen-bond donors (Lipinski definition) is 3. The predicted octanol–water partition coefficient (Wildman–Crippen LogP) is 2.19. The fraction of sp³-hybridized carbons (Fsp3) is 0.538. The zero-order chi connectivity index (χ0) is 16.2. The molecule has 0 fully saturated rings. The predicted molar refractivity (Wildman–Crippen MR) is 80.2 cm³/mol. The van der Waals surface area contributed by atoms with E-state index >= 15 is 0 Å². The van der Waals surface area contributed by atoms with Crippen LogP contribution < -0.4 is 10.6 Å². The third-order valence-electron chi connectivity index (χ3n) is 3.06. The zero-order valence-electron chi connectivity index (χ0n) is 12.6. The summed E-state index contributed by atoms with van der Waals surface area (Å²) in [5, 5.41) is 14.7. The Hall–Kier alpha value is -1.64. The number of thiophene rings is 1. The van der Waals surface area contributed by atoms with Crippen molar-refractivity contribution >= 4 is 28.3 Å². The molecule has 0 aliphatic heterocycles. The van der Waals surface area contributed by atoms with Crippen LogP contribution in [0.25, 0.3) is 0 Å². The van der Waals surface area contributed by atoms with Crippen molar-refractivity contribution in [2.45, 2.75) is 33.1 Å². The molecule has 7 nitrogen and oxygen atoms in total. The summed E-state index contributed by atoms with van der Waals surface area (Å²) in [7, 11) is 2.94. The van der Waals surface area contributed by atoms with Gasteiger partial charge < -0.3 is 19.9 Å². The summed E-state index contributed by atoms with van der Waals surface area (Å²) < 4.78 is 10.1. The summed E-state index contributed by atoms with van der Waals surface area (Å²) in [5.41, 5.74) is 0.776. The molecule has 3 N–H and O–H groups in total. The number of nitrogens with one attached hydrogen (secondary N) is 2. The molecule has 0 spiro atoms. The van der Waals surface area contributed by atoms with Crippen LogP contribution in [-0.4, -0.2) is 43.7 Å². The highest BCUT2D eigenvalue weighted by Crippen LogP contribution is 2.32. The van der Waals surface area contributed by atoms with E-state index in [-0.39, 0.29) is 5.56 Å². The number of anilines is 1. The lowest BCUT2D eigenvalue weighted by molar-refractivity contribution is -0.117. The second kappa shape index (κ2) is 7.39. The Balaban J connectivity index is 2.80. The Morgan fingerprint density at radius 3 is 2.29 bits per heavy atom. The summed E-state index contributed by atoms with van der Waals surface area (Å²) in [6.07, 6.45) is -0.582. The Bertz CT molecular complexity index is 525. The highest BCUT2D eigenvalue weighted by molar-refractivity contribution is 7.16. The summed E-state index contributed by atoms with van der Waals surface area (Å²) in [6, 6.07) is -0.902. The molecule has 2 amide bonds. The number of aryl methyl sites for hydroxylation is 1. The molecule has 0 radical (unpaired) electrons. The van der Waals surface area contributed by atoms with Gasteiger partial charge in [0.15, 0.2) is 6.29 Å². The molecule has 8 heteroatoms. The van der Waals surface area contributed by atoms with Gasteiger partial charge in [-0.05, 0) is 26.3 Å². The van der Waals surface area contributed by atoms with Crippen LogP contribution >= 0.6 is 11.3 Å². The third-order valence-corrected chi connectivity index (χ3v) is 4.18. The molecule has 0 bridgehead atoms. The molecule has 1 aromatic heterocycles. The molecule has 0 saturated carbocycles. The molecule has 0 saturated heterocycles. The van der Waals surface area contributed by atoms with Crippen molar-refractivity contribution < 1.29 is 24.2 Å². The first kappa shape index (κ1) is 17.4. The first-order chi connectivity index (χ1) is 9.81. The van der Waals surface area contributed by atoms with E-state index in [4.69, 9.17) is 9.47 Å². The lowest BCUT2D eigenvalue weighted by Gasteiger charge is -2.22. The van der Waals surface area contributed by atoms with Crippen LogP contribution in [0, 0.1) is 13.8 Å². The van der Waals surface area contributed by atoms with Crippen LogP contribution in [0.1, 0.15) is 27.7 Å². The summed E-state index contributed by atoms with van der Waals surface area (Å²) >= 11 is 1.23. The Labute approximate surface area is 127 Å². The van der Waals surface area contributed by atoms with Crippen molar-refractivity contribution in [1.82, 2.24) is 5.32 Å². The van der Waals surface area contributed by atoms with Crippen LogP contribution in [0.3, 0.4) is 0 Å². The van der Waals surface area contributed by atoms with Gasteiger partial charge in [0.2, 0.25) is 0 Å². The number of aromatic carboxylic acids is 1. The quantitative estimate of drug-likeness (QED) is 0.699. The van der Waals surface area contributed by atoms with E-state index < -0.39 is 24.3 Å². The van der Waals surface area contributed by atoms with Gasteiger partial charge in [0.1, 0.15) is 5.00 Å². The summed E-state index contributed by atoms with van der Waals surface area (Å²) in [4.78, 5) is 24.0. The fourth-order valence-corrected chi connectivity index (χ4v) is 2.94. The molecule has 21 heavy (non-hydrogen) atoms. The average Bonchev–Trinajstić information content (AvgIpc) is 2.65. The molecular formula is C13H20N2O5S. The smallest absolute Gasteiger partial charge is 0.338 e. The van der Waals surface area contributed by atoms with E-state index in [2.05, 4.69) is 10.6 Å². The van der Waals surface area contributed by atoms with Gasteiger partial charge >= 0.3 is 12.0 Å². The fourth-order valence-electron chi connectivity index (χ4n) is 1.89. The maximum Gasteiger partial charge on any atom is 0.338 e. The number of methoxy groups -OCH3 is 2. The Morgan fingerprint density at radius 2 is 1.81 bits per heavy atom. The minimum atomic E-state index is -1.06. The standard InChI is InChI=1S/C13H20N2O5S/c1-6-8(3)21-10(9(6)11(16)17)15-13(18)14-7(2)12(19-4)20-5/h7,12H,1-5H3,(H,16,17)(H2,14,15,18). The lowest BCUT2D eigenvalue weighted by atomic mass is 10.1. The van der Waals surface area contributed by atoms with Gasteiger partial charge in [0.25, 0.3) is 0 Å². The number of ether oxygens (including phenoxy) is 2. The topological polar surface area (TPSA) is 96.9 Å². The number of urea groups is 1. The van der Waals surface area contributed by atoms with Gasteiger partial charge in [-0.15, -0.1) is 11.3 Å². The molecular weight excluding hydrogens is 296 g/mol. The Morgan fingerprint density at radius 1 is 1.24 bits per heavy atom. The molecule has 1 heterocycles. The van der Waals surface area contributed by atoms with Crippen molar-refractivity contribution in [1.29, 1.82) is 0 Å². The van der Waals surface area contributed by atoms with Crippen molar-refractivity contribution in [2.75, 3.05) is 19.5 Å². The van der Waals surface area contributed by atoms with Crippen LogP contribution in [0.5, 0.6) is 0 Å². The number of carboxylic acid groups (broad SMARTS) is 1. The van der Waals surface area contributed by atoms with E-state index in [1.54, 1.807) is 13.8 Å². The number of carbonyl (C=O) groups excluding carboxylic acids is 1. The second-order valence-electron chi connectivity index (χ2n) is 4.52. The first-order valence-corrected chi connectivity index (χ1v) is 7.09. The average molecular weight is 316 g/mol. The lowest BCUT2D eigenvalue weighted by Crippen LogP contribution is -2.44. The highest BCUT2D eigenvalue weighted by Gasteiger charge is 2.22. The first-order valence-electron chi connectivity index (χ1n) is 6.28. The zero-order valence-corrected chi connectivity index (χ0v) is 13.5. The monoisotopic (exact) mass is 316 g/mol. The van der Waals surface area contributed by atoms with Crippen LogP contribution in [0.15, 0.2) is 0 Å². The van der Waals surface area contributed by atoms with Crippen molar-refractivity contribution in [2.24, 2.45) is 0 Å². The van der Waals surface area contributed by atoms with E-state index in [1.807, 2.05) is 6.92 Å². The van der Waals surface area contributed by atoms with Gasteiger partial charge in [-0.3, -0.25) is 5.32 Å². The van der Waals surface area contributed by atoms with Crippen LogP contribution in [0.2, 0.25) is 0 Å². The van der Waals surface area contributed by atoms with Crippen molar-refractivity contribution in [3.8, 4) is 0 Å².